The molecule has 0 bridgehead atoms. The van der Waals surface area contributed by atoms with E-state index in [0.29, 0.717) is 17.0 Å². The summed E-state index contributed by atoms with van der Waals surface area (Å²) in [5, 5.41) is 0. The van der Waals surface area contributed by atoms with Gasteiger partial charge in [0.05, 0.1) is 16.8 Å². The van der Waals surface area contributed by atoms with Gasteiger partial charge in [-0.1, -0.05) is 18.2 Å². The van der Waals surface area contributed by atoms with Crippen molar-refractivity contribution in [1.29, 1.82) is 0 Å². The van der Waals surface area contributed by atoms with E-state index in [-0.39, 0.29) is 11.1 Å². The molecule has 10 heteroatoms. The molecule has 4 N–H and O–H groups in total. The van der Waals surface area contributed by atoms with Crippen molar-refractivity contribution < 1.29 is 22.4 Å². The van der Waals surface area contributed by atoms with E-state index in [2.05, 4.69) is 25.6 Å². The number of hydrogen-bond acceptors (Lipinski definition) is 4. The first-order chi connectivity index (χ1) is 16.8. The van der Waals surface area contributed by atoms with Crippen LogP contribution in [0.3, 0.4) is 0 Å². The molecule has 0 aliphatic carbocycles. The third-order valence-corrected chi connectivity index (χ3v) is 5.92. The SMILES string of the molecule is CN.O=C(c1c[nH]c(-c2nc3c(F)cc(N4CCCCC4)cc3[nH]2)c1)c1ccccc1C(F)(F)F. The number of alkyl halides is 3. The third kappa shape index (κ3) is 4.93. The number of rotatable bonds is 4. The Morgan fingerprint density at radius 3 is 2.49 bits per heavy atom. The summed E-state index contributed by atoms with van der Waals surface area (Å²) < 4.78 is 54.7. The van der Waals surface area contributed by atoms with Crippen molar-refractivity contribution in [3.8, 4) is 11.5 Å². The fourth-order valence-corrected chi connectivity index (χ4v) is 4.27. The quantitative estimate of drug-likeness (QED) is 0.261. The lowest BCUT2D eigenvalue weighted by molar-refractivity contribution is -0.137. The fourth-order valence-electron chi connectivity index (χ4n) is 4.27. The molecule has 4 aromatic rings. The molecule has 3 heterocycles. The van der Waals surface area contributed by atoms with E-state index in [1.807, 2.05) is 6.07 Å². The second-order valence-electron chi connectivity index (χ2n) is 8.13. The van der Waals surface area contributed by atoms with Crippen LogP contribution in [0.25, 0.3) is 22.6 Å². The van der Waals surface area contributed by atoms with Crippen molar-refractivity contribution in [2.24, 2.45) is 5.73 Å². The van der Waals surface area contributed by atoms with Crippen LogP contribution in [0.2, 0.25) is 0 Å². The van der Waals surface area contributed by atoms with Gasteiger partial charge in [0.1, 0.15) is 5.52 Å². The molecule has 0 atom stereocenters. The van der Waals surface area contributed by atoms with Gasteiger partial charge in [0.25, 0.3) is 0 Å². The Morgan fingerprint density at radius 1 is 1.06 bits per heavy atom. The average Bonchev–Trinajstić information content (AvgIpc) is 3.53. The lowest BCUT2D eigenvalue weighted by Gasteiger charge is -2.28. The minimum Gasteiger partial charge on any atom is -0.371 e. The van der Waals surface area contributed by atoms with Crippen LogP contribution in [0, 0.1) is 5.82 Å². The number of aromatic amines is 2. The van der Waals surface area contributed by atoms with Crippen LogP contribution in [0.1, 0.15) is 40.7 Å². The van der Waals surface area contributed by atoms with Crippen LogP contribution in [0.15, 0.2) is 48.7 Å². The number of H-pyrrole nitrogens is 2. The summed E-state index contributed by atoms with van der Waals surface area (Å²) >= 11 is 0. The molecule has 2 aromatic carbocycles. The normalized spacial score (nSPS) is 14.1. The molecule has 0 spiro atoms. The first kappa shape index (κ1) is 24.5. The fraction of sp³-hybridized carbons (Fsp3) is 0.280. The van der Waals surface area contributed by atoms with Crippen LogP contribution in [0.4, 0.5) is 23.2 Å². The van der Waals surface area contributed by atoms with E-state index in [4.69, 9.17) is 0 Å². The molecule has 0 radical (unpaired) electrons. The number of piperidine rings is 1. The van der Waals surface area contributed by atoms with Crippen molar-refractivity contribution in [2.45, 2.75) is 25.4 Å². The topological polar surface area (TPSA) is 90.8 Å². The number of hydrogen-bond donors (Lipinski definition) is 3. The Kier molecular flexibility index (Phi) is 6.93. The number of ketones is 1. The second-order valence-corrected chi connectivity index (χ2v) is 8.13. The summed E-state index contributed by atoms with van der Waals surface area (Å²) in [4.78, 5) is 25.1. The predicted molar refractivity (Wildman–Crippen MR) is 127 cm³/mol. The van der Waals surface area contributed by atoms with E-state index in [0.717, 1.165) is 50.2 Å². The number of anilines is 1. The van der Waals surface area contributed by atoms with Crippen molar-refractivity contribution in [3.63, 3.8) is 0 Å². The molecular weight excluding hydrogens is 462 g/mol. The minimum atomic E-state index is -4.65. The first-order valence-electron chi connectivity index (χ1n) is 11.2. The summed E-state index contributed by atoms with van der Waals surface area (Å²) in [5.41, 5.74) is 4.95. The number of imidazole rings is 1. The van der Waals surface area contributed by atoms with Gasteiger partial charge < -0.3 is 20.6 Å². The molecule has 0 unspecified atom stereocenters. The van der Waals surface area contributed by atoms with Crippen LogP contribution in [0.5, 0.6) is 0 Å². The maximum atomic E-state index is 14.8. The molecule has 0 saturated carbocycles. The first-order valence-corrected chi connectivity index (χ1v) is 11.2. The molecule has 5 rings (SSSR count). The number of carbonyl (C=O) groups is 1. The number of halogens is 4. The van der Waals surface area contributed by atoms with Crippen LogP contribution < -0.4 is 10.6 Å². The van der Waals surface area contributed by atoms with Crippen LogP contribution in [-0.4, -0.2) is 40.9 Å². The van der Waals surface area contributed by atoms with Gasteiger partial charge in [-0.15, -0.1) is 0 Å². The molecule has 1 saturated heterocycles. The Bertz CT molecular complexity index is 1340. The highest BCUT2D eigenvalue weighted by atomic mass is 19.4. The standard InChI is InChI=1S/C24H20F4N4O.CH5N/c25-18-11-15(32-8-4-1-5-9-32)12-19-21(18)31-23(30-19)20-10-14(13-29-20)22(33)16-6-2-3-7-17(16)24(26,27)28;1-2/h2-3,6-7,10-13,29H,1,4-5,8-9H2,(H,30,31);2H2,1H3. The summed E-state index contributed by atoms with van der Waals surface area (Å²) in [6, 6.07) is 9.38. The van der Waals surface area contributed by atoms with Gasteiger partial charge in [-0.2, -0.15) is 13.2 Å². The van der Waals surface area contributed by atoms with Gasteiger partial charge in [0, 0.05) is 36.1 Å². The number of nitrogens with one attached hydrogen (secondary N) is 2. The highest BCUT2D eigenvalue weighted by Crippen LogP contribution is 2.33. The summed E-state index contributed by atoms with van der Waals surface area (Å²) in [5.74, 6) is -0.930. The maximum absolute atomic E-state index is 14.8. The van der Waals surface area contributed by atoms with E-state index in [9.17, 15) is 22.4 Å². The van der Waals surface area contributed by atoms with Gasteiger partial charge in [-0.25, -0.2) is 9.37 Å². The zero-order valence-corrected chi connectivity index (χ0v) is 19.0. The van der Waals surface area contributed by atoms with E-state index in [1.54, 1.807) is 0 Å². The van der Waals surface area contributed by atoms with Gasteiger partial charge >= 0.3 is 6.18 Å². The third-order valence-electron chi connectivity index (χ3n) is 5.92. The number of aromatic nitrogens is 3. The van der Waals surface area contributed by atoms with Crippen molar-refractivity contribution in [3.05, 3.63) is 71.2 Å². The maximum Gasteiger partial charge on any atom is 0.417 e. The molecule has 1 aliphatic rings. The van der Waals surface area contributed by atoms with E-state index in [1.165, 1.54) is 37.5 Å². The number of nitrogens with zero attached hydrogens (tertiary/aromatic N) is 2. The molecule has 0 amide bonds. The zero-order valence-electron chi connectivity index (χ0n) is 19.0. The minimum absolute atomic E-state index is 0.0524. The lowest BCUT2D eigenvalue weighted by Crippen LogP contribution is -2.29. The predicted octanol–water partition coefficient (Wildman–Crippen LogP) is 5.51. The monoisotopic (exact) mass is 487 g/mol. The molecule has 1 aliphatic heterocycles. The van der Waals surface area contributed by atoms with Gasteiger partial charge in [-0.05, 0) is 50.6 Å². The van der Waals surface area contributed by atoms with Crippen LogP contribution in [-0.2, 0) is 6.18 Å². The molecule has 6 nitrogen and oxygen atoms in total. The zero-order chi connectivity index (χ0) is 25.2. The van der Waals surface area contributed by atoms with Gasteiger partial charge in [0.2, 0.25) is 0 Å². The molecule has 35 heavy (non-hydrogen) atoms. The number of benzene rings is 2. The Morgan fingerprint density at radius 2 is 1.77 bits per heavy atom. The highest BCUT2D eigenvalue weighted by Gasteiger charge is 2.35. The van der Waals surface area contributed by atoms with Gasteiger partial charge in [-0.3, -0.25) is 4.79 Å². The van der Waals surface area contributed by atoms with E-state index >= 15 is 0 Å². The lowest BCUT2D eigenvalue weighted by atomic mass is 9.99. The Labute approximate surface area is 199 Å². The Balaban J connectivity index is 0.00000141. The smallest absolute Gasteiger partial charge is 0.371 e. The summed E-state index contributed by atoms with van der Waals surface area (Å²) in [6.45, 7) is 1.74. The largest absolute Gasteiger partial charge is 0.417 e. The van der Waals surface area contributed by atoms with Gasteiger partial charge in [0.15, 0.2) is 17.4 Å². The summed E-state index contributed by atoms with van der Waals surface area (Å²) in [7, 11) is 1.50. The number of carbonyl (C=O) groups excluding carboxylic acids is 1. The van der Waals surface area contributed by atoms with Crippen LogP contribution >= 0.6 is 0 Å². The number of nitrogens with two attached hydrogens (primary N) is 1. The van der Waals surface area contributed by atoms with E-state index < -0.39 is 28.9 Å². The molecular formula is C25H25F4N5O. The Hall–Kier alpha value is -3.66. The molecule has 1 fully saturated rings. The average molecular weight is 488 g/mol. The second kappa shape index (κ2) is 9.91. The summed E-state index contributed by atoms with van der Waals surface area (Å²) in [6.07, 6.45) is -0.0345. The number of fused-ring (bicyclic) bond motifs is 1. The molecule has 184 valence electrons. The molecule has 2 aromatic heterocycles. The highest BCUT2D eigenvalue weighted by molar-refractivity contribution is 6.10. The van der Waals surface area contributed by atoms with Crippen molar-refractivity contribution in [1.82, 2.24) is 15.0 Å². The van der Waals surface area contributed by atoms with Crippen molar-refractivity contribution >= 4 is 22.5 Å². The van der Waals surface area contributed by atoms with Crippen molar-refractivity contribution in [2.75, 3.05) is 25.0 Å².